The molecule has 1 saturated heterocycles. The molecule has 10 heteroatoms. The number of hydrogen-bond donors (Lipinski definition) is 3. The van der Waals surface area contributed by atoms with Crippen molar-refractivity contribution in [2.45, 2.75) is 12.8 Å². The molecule has 0 saturated carbocycles. The van der Waals surface area contributed by atoms with Gasteiger partial charge in [0, 0.05) is 40.3 Å². The van der Waals surface area contributed by atoms with E-state index in [9.17, 15) is 18.0 Å². The van der Waals surface area contributed by atoms with Gasteiger partial charge in [-0.3, -0.25) is 4.79 Å². The van der Waals surface area contributed by atoms with Crippen LogP contribution in [0.2, 0.25) is 0 Å². The number of nitrogens with one attached hydrogen (secondary N) is 2. The molecule has 1 fully saturated rings. The average molecular weight is 322 g/mol. The van der Waals surface area contributed by atoms with Gasteiger partial charge in [-0.25, -0.2) is 9.52 Å². The molecule has 0 atom stereocenters. The van der Waals surface area contributed by atoms with E-state index in [1.54, 1.807) is 14.1 Å². The third-order valence-corrected chi connectivity index (χ3v) is 4.85. The van der Waals surface area contributed by atoms with Gasteiger partial charge in [-0.2, -0.15) is 12.7 Å². The Labute approximate surface area is 124 Å². The summed E-state index contributed by atoms with van der Waals surface area (Å²) in [5.41, 5.74) is 0. The van der Waals surface area contributed by atoms with Gasteiger partial charge in [-0.05, 0) is 12.8 Å². The summed E-state index contributed by atoms with van der Waals surface area (Å²) in [6.07, 6.45) is 0.626. The van der Waals surface area contributed by atoms with Crippen LogP contribution in [0.15, 0.2) is 0 Å². The van der Waals surface area contributed by atoms with E-state index in [-0.39, 0.29) is 32.2 Å². The van der Waals surface area contributed by atoms with Crippen LogP contribution in [0.4, 0.5) is 4.79 Å². The molecule has 122 valence electrons. The van der Waals surface area contributed by atoms with Gasteiger partial charge >= 0.3 is 12.0 Å². The number of carbonyl (C=O) groups is 2. The van der Waals surface area contributed by atoms with Crippen molar-refractivity contribution in [2.24, 2.45) is 5.92 Å². The fourth-order valence-electron chi connectivity index (χ4n) is 1.94. The first-order valence-corrected chi connectivity index (χ1v) is 8.10. The summed E-state index contributed by atoms with van der Waals surface area (Å²) in [5.74, 6) is -1.36. The molecule has 0 aliphatic carbocycles. The number of hydrogen-bond acceptors (Lipinski definition) is 4. The van der Waals surface area contributed by atoms with Gasteiger partial charge in [0.2, 0.25) is 0 Å². The van der Waals surface area contributed by atoms with Crippen molar-refractivity contribution in [3.63, 3.8) is 0 Å². The maximum atomic E-state index is 12.0. The molecule has 1 heterocycles. The van der Waals surface area contributed by atoms with E-state index in [4.69, 9.17) is 5.11 Å². The van der Waals surface area contributed by atoms with Crippen LogP contribution in [0.3, 0.4) is 0 Å². The predicted octanol–water partition coefficient (Wildman–Crippen LogP) is -1.11. The first-order chi connectivity index (χ1) is 9.74. The second kappa shape index (κ2) is 7.57. The van der Waals surface area contributed by atoms with Crippen LogP contribution < -0.4 is 10.0 Å². The van der Waals surface area contributed by atoms with E-state index in [0.717, 1.165) is 0 Å². The van der Waals surface area contributed by atoms with E-state index in [0.29, 0.717) is 12.8 Å². The Bertz CT molecular complexity index is 471. The maximum absolute atomic E-state index is 12.0. The zero-order valence-electron chi connectivity index (χ0n) is 12.2. The molecule has 0 aromatic heterocycles. The number of amides is 2. The number of aliphatic carboxylic acids is 1. The summed E-state index contributed by atoms with van der Waals surface area (Å²) in [4.78, 5) is 23.4. The Kier molecular flexibility index (Phi) is 6.37. The molecule has 0 spiro atoms. The monoisotopic (exact) mass is 322 g/mol. The van der Waals surface area contributed by atoms with Gasteiger partial charge in [0.1, 0.15) is 0 Å². The highest BCUT2D eigenvalue weighted by Crippen LogP contribution is 2.18. The first-order valence-electron chi connectivity index (χ1n) is 6.66. The van der Waals surface area contributed by atoms with Crippen LogP contribution in [0, 0.1) is 5.92 Å². The second-order valence-corrected chi connectivity index (χ2v) is 6.79. The lowest BCUT2D eigenvalue weighted by Gasteiger charge is -2.29. The third-order valence-electron chi connectivity index (χ3n) is 3.23. The molecule has 21 heavy (non-hydrogen) atoms. The van der Waals surface area contributed by atoms with Crippen LogP contribution in [0.5, 0.6) is 0 Å². The van der Waals surface area contributed by atoms with Gasteiger partial charge in [0.05, 0.1) is 5.92 Å². The molecule has 0 aromatic carbocycles. The Morgan fingerprint density at radius 2 is 1.81 bits per heavy atom. The molecule has 0 aromatic rings. The van der Waals surface area contributed by atoms with Crippen LogP contribution in [0.25, 0.3) is 0 Å². The largest absolute Gasteiger partial charge is 0.481 e. The van der Waals surface area contributed by atoms with E-state index >= 15 is 0 Å². The summed E-state index contributed by atoms with van der Waals surface area (Å²) < 4.78 is 27.6. The number of carbonyl (C=O) groups excluding carboxylic acids is 1. The Morgan fingerprint density at radius 1 is 1.24 bits per heavy atom. The number of urea groups is 1. The summed E-state index contributed by atoms with van der Waals surface area (Å²) in [5, 5.41) is 11.4. The molecule has 1 aliphatic rings. The van der Waals surface area contributed by atoms with Crippen molar-refractivity contribution in [3.8, 4) is 0 Å². The van der Waals surface area contributed by atoms with Crippen molar-refractivity contribution in [3.05, 3.63) is 0 Å². The molecule has 0 bridgehead atoms. The summed E-state index contributed by atoms with van der Waals surface area (Å²) in [7, 11) is -0.446. The van der Waals surface area contributed by atoms with E-state index in [2.05, 4.69) is 10.0 Å². The van der Waals surface area contributed by atoms with Crippen LogP contribution in [-0.4, -0.2) is 75.0 Å². The van der Waals surface area contributed by atoms with E-state index in [1.165, 1.54) is 9.21 Å². The van der Waals surface area contributed by atoms with E-state index < -0.39 is 22.1 Å². The second-order valence-electron chi connectivity index (χ2n) is 5.04. The summed E-state index contributed by atoms with van der Waals surface area (Å²) >= 11 is 0. The lowest BCUT2D eigenvalue weighted by Crippen LogP contribution is -2.48. The molecule has 0 unspecified atom stereocenters. The fraction of sp³-hybridized carbons (Fsp3) is 0.818. The predicted molar refractivity (Wildman–Crippen MR) is 75.9 cm³/mol. The van der Waals surface area contributed by atoms with Gasteiger partial charge in [-0.15, -0.1) is 0 Å². The third kappa shape index (κ3) is 5.48. The van der Waals surface area contributed by atoms with Crippen LogP contribution >= 0.6 is 0 Å². The lowest BCUT2D eigenvalue weighted by atomic mass is 9.99. The van der Waals surface area contributed by atoms with Gasteiger partial charge in [0.15, 0.2) is 0 Å². The zero-order chi connectivity index (χ0) is 16.0. The Hall–Kier alpha value is -1.39. The van der Waals surface area contributed by atoms with Crippen molar-refractivity contribution in [1.82, 2.24) is 19.2 Å². The maximum Gasteiger partial charge on any atom is 0.316 e. The highest BCUT2D eigenvalue weighted by Gasteiger charge is 2.30. The molecule has 3 N–H and O–H groups in total. The minimum absolute atomic E-state index is 0.0841. The standard InChI is InChI=1S/C11H22N4O5S/c1-14(2)11(18)12-5-6-13-21(19,20)15-7-3-9(4-8-15)10(16)17/h9,13H,3-8H2,1-2H3,(H,12,18)(H,16,17). The normalized spacial score (nSPS) is 17.4. The lowest BCUT2D eigenvalue weighted by molar-refractivity contribution is -0.142. The van der Waals surface area contributed by atoms with Gasteiger partial charge in [0.25, 0.3) is 10.2 Å². The SMILES string of the molecule is CN(C)C(=O)NCCNS(=O)(=O)N1CCC(C(=O)O)CC1. The molecule has 1 rings (SSSR count). The van der Waals surface area contributed by atoms with Crippen molar-refractivity contribution < 1.29 is 23.1 Å². The van der Waals surface area contributed by atoms with Crippen molar-refractivity contribution >= 4 is 22.2 Å². The minimum Gasteiger partial charge on any atom is -0.481 e. The van der Waals surface area contributed by atoms with Gasteiger partial charge < -0.3 is 15.3 Å². The van der Waals surface area contributed by atoms with Crippen LogP contribution in [0.1, 0.15) is 12.8 Å². The molecular formula is C11H22N4O5S. The summed E-state index contributed by atoms with van der Waals surface area (Å²) in [6.45, 7) is 0.648. The number of piperidine rings is 1. The molecule has 9 nitrogen and oxygen atoms in total. The average Bonchev–Trinajstić information content (AvgIpc) is 2.43. The van der Waals surface area contributed by atoms with Crippen LogP contribution in [-0.2, 0) is 15.0 Å². The highest BCUT2D eigenvalue weighted by molar-refractivity contribution is 7.87. The fourth-order valence-corrected chi connectivity index (χ4v) is 3.18. The quantitative estimate of drug-likeness (QED) is 0.536. The number of carboxylic acid groups (broad SMARTS) is 1. The van der Waals surface area contributed by atoms with Gasteiger partial charge in [-0.1, -0.05) is 0 Å². The Morgan fingerprint density at radius 3 is 2.29 bits per heavy atom. The highest BCUT2D eigenvalue weighted by atomic mass is 32.2. The van der Waals surface area contributed by atoms with Crippen molar-refractivity contribution in [2.75, 3.05) is 40.3 Å². The number of rotatable bonds is 6. The zero-order valence-corrected chi connectivity index (χ0v) is 13.0. The molecule has 2 amide bonds. The van der Waals surface area contributed by atoms with E-state index in [1.807, 2.05) is 0 Å². The van der Waals surface area contributed by atoms with Crippen molar-refractivity contribution in [1.29, 1.82) is 0 Å². The smallest absolute Gasteiger partial charge is 0.316 e. The molecule has 0 radical (unpaired) electrons. The minimum atomic E-state index is -3.63. The number of nitrogens with zero attached hydrogens (tertiary/aromatic N) is 2. The summed E-state index contributed by atoms with van der Waals surface area (Å²) in [6, 6.07) is -0.295. The Balaban J connectivity index is 2.34. The first kappa shape index (κ1) is 17.7. The molecule has 1 aliphatic heterocycles. The number of carboxylic acids is 1. The topological polar surface area (TPSA) is 119 Å². The molecular weight excluding hydrogens is 300 g/mol.